The third-order valence-electron chi connectivity index (χ3n) is 3.41. The van der Waals surface area contributed by atoms with E-state index in [0.29, 0.717) is 0 Å². The van der Waals surface area contributed by atoms with Gasteiger partial charge in [0, 0.05) is 12.1 Å². The highest BCUT2D eigenvalue weighted by Gasteiger charge is 2.31. The number of rotatable bonds is 4. The van der Waals surface area contributed by atoms with Gasteiger partial charge in [0.2, 0.25) is 0 Å². The number of hydrogen-bond acceptors (Lipinski definition) is 2. The van der Waals surface area contributed by atoms with E-state index in [1.165, 1.54) is 12.1 Å². The lowest BCUT2D eigenvalue weighted by Crippen LogP contribution is -2.39. The van der Waals surface area contributed by atoms with E-state index in [9.17, 15) is 13.2 Å². The SMILES string of the molecule is CC(NC(C)C(C)(C)C)c1ccc(OC(F)(F)F)cc1. The molecule has 1 rings (SSSR count). The Hall–Kier alpha value is -1.23. The molecule has 0 aliphatic carbocycles. The van der Waals surface area contributed by atoms with Crippen molar-refractivity contribution in [2.75, 3.05) is 0 Å². The molecule has 2 nitrogen and oxygen atoms in total. The first kappa shape index (κ1) is 16.8. The molecule has 0 fully saturated rings. The maximum Gasteiger partial charge on any atom is 0.573 e. The maximum absolute atomic E-state index is 12.1. The molecule has 20 heavy (non-hydrogen) atoms. The topological polar surface area (TPSA) is 21.3 Å². The third-order valence-corrected chi connectivity index (χ3v) is 3.41. The Morgan fingerprint density at radius 1 is 1.00 bits per heavy atom. The Kier molecular flexibility index (Phi) is 5.08. The maximum atomic E-state index is 12.1. The van der Waals surface area contributed by atoms with Crippen LogP contribution in [-0.2, 0) is 0 Å². The molecule has 0 spiro atoms. The minimum atomic E-state index is -4.65. The number of hydrogen-bond donors (Lipinski definition) is 1. The zero-order chi connectivity index (χ0) is 15.6. The van der Waals surface area contributed by atoms with Crippen molar-refractivity contribution in [3.8, 4) is 5.75 Å². The molecular formula is C15H22F3NO. The first-order valence-corrected chi connectivity index (χ1v) is 6.61. The molecule has 0 saturated carbocycles. The van der Waals surface area contributed by atoms with E-state index >= 15 is 0 Å². The molecule has 0 amide bonds. The molecule has 2 atom stereocenters. The van der Waals surface area contributed by atoms with Gasteiger partial charge >= 0.3 is 6.36 Å². The molecule has 2 unspecified atom stereocenters. The van der Waals surface area contributed by atoms with Crippen LogP contribution in [0.4, 0.5) is 13.2 Å². The van der Waals surface area contributed by atoms with Crippen LogP contribution in [0.5, 0.6) is 5.75 Å². The molecule has 0 saturated heterocycles. The first-order chi connectivity index (χ1) is 8.99. The summed E-state index contributed by atoms with van der Waals surface area (Å²) in [5.74, 6) is -0.197. The zero-order valence-corrected chi connectivity index (χ0v) is 12.5. The lowest BCUT2D eigenvalue weighted by atomic mass is 9.87. The van der Waals surface area contributed by atoms with Crippen LogP contribution in [0.15, 0.2) is 24.3 Å². The minimum absolute atomic E-state index is 0.0594. The van der Waals surface area contributed by atoms with E-state index in [0.717, 1.165) is 5.56 Å². The monoisotopic (exact) mass is 289 g/mol. The predicted octanol–water partition coefficient (Wildman–Crippen LogP) is 4.67. The van der Waals surface area contributed by atoms with Gasteiger partial charge in [0.15, 0.2) is 0 Å². The van der Waals surface area contributed by atoms with Crippen molar-refractivity contribution < 1.29 is 17.9 Å². The highest BCUT2D eigenvalue weighted by molar-refractivity contribution is 5.29. The van der Waals surface area contributed by atoms with Gasteiger partial charge in [0.05, 0.1) is 0 Å². The van der Waals surface area contributed by atoms with Gasteiger partial charge in [0.1, 0.15) is 5.75 Å². The van der Waals surface area contributed by atoms with E-state index in [-0.39, 0.29) is 23.2 Å². The Balaban J connectivity index is 2.69. The van der Waals surface area contributed by atoms with Crippen molar-refractivity contribution >= 4 is 0 Å². The second-order valence-corrected chi connectivity index (χ2v) is 6.09. The van der Waals surface area contributed by atoms with Crippen LogP contribution in [0.2, 0.25) is 0 Å². The lowest BCUT2D eigenvalue weighted by molar-refractivity contribution is -0.274. The number of ether oxygens (including phenoxy) is 1. The standard InChI is InChI=1S/C15H22F3NO/c1-10(19-11(2)14(3,4)5)12-6-8-13(9-7-12)20-15(16,17)18/h6-11,19H,1-5H3. The third kappa shape index (κ3) is 5.41. The molecule has 0 radical (unpaired) electrons. The first-order valence-electron chi connectivity index (χ1n) is 6.61. The highest BCUT2D eigenvalue weighted by atomic mass is 19.4. The molecule has 1 aromatic rings. The number of halogens is 3. The largest absolute Gasteiger partial charge is 0.573 e. The quantitative estimate of drug-likeness (QED) is 0.869. The highest BCUT2D eigenvalue weighted by Crippen LogP contribution is 2.26. The normalized spacial score (nSPS) is 15.8. The Bertz CT molecular complexity index is 420. The fourth-order valence-corrected chi connectivity index (χ4v) is 1.68. The van der Waals surface area contributed by atoms with Crippen LogP contribution >= 0.6 is 0 Å². The summed E-state index contributed by atoms with van der Waals surface area (Å²) < 4.78 is 40.1. The summed E-state index contributed by atoms with van der Waals surface area (Å²) in [6, 6.07) is 6.31. The molecule has 0 bridgehead atoms. The molecule has 0 aromatic heterocycles. The van der Waals surface area contributed by atoms with Gasteiger partial charge in [-0.05, 0) is 37.0 Å². The number of nitrogens with one attached hydrogen (secondary N) is 1. The van der Waals surface area contributed by atoms with E-state index in [1.54, 1.807) is 12.1 Å². The van der Waals surface area contributed by atoms with Crippen LogP contribution in [0, 0.1) is 5.41 Å². The molecular weight excluding hydrogens is 267 g/mol. The summed E-state index contributed by atoms with van der Waals surface area (Å²) in [6.07, 6.45) is -4.65. The molecule has 114 valence electrons. The van der Waals surface area contributed by atoms with Crippen molar-refractivity contribution in [2.24, 2.45) is 5.41 Å². The van der Waals surface area contributed by atoms with Crippen LogP contribution in [0.3, 0.4) is 0 Å². The summed E-state index contributed by atoms with van der Waals surface area (Å²) in [5.41, 5.74) is 1.05. The van der Waals surface area contributed by atoms with E-state index < -0.39 is 6.36 Å². The number of benzene rings is 1. The van der Waals surface area contributed by atoms with Gasteiger partial charge in [-0.2, -0.15) is 0 Å². The molecule has 1 aromatic carbocycles. The van der Waals surface area contributed by atoms with Gasteiger partial charge < -0.3 is 10.1 Å². The minimum Gasteiger partial charge on any atom is -0.406 e. The summed E-state index contributed by atoms with van der Waals surface area (Å²) in [4.78, 5) is 0. The van der Waals surface area contributed by atoms with E-state index in [2.05, 4.69) is 37.7 Å². The molecule has 5 heteroatoms. The van der Waals surface area contributed by atoms with Gasteiger partial charge in [-0.25, -0.2) is 0 Å². The van der Waals surface area contributed by atoms with Crippen LogP contribution in [0.25, 0.3) is 0 Å². The van der Waals surface area contributed by atoms with Crippen molar-refractivity contribution in [3.63, 3.8) is 0 Å². The van der Waals surface area contributed by atoms with Crippen LogP contribution in [0.1, 0.15) is 46.2 Å². The zero-order valence-electron chi connectivity index (χ0n) is 12.5. The number of alkyl halides is 3. The fourth-order valence-electron chi connectivity index (χ4n) is 1.68. The van der Waals surface area contributed by atoms with Crippen molar-refractivity contribution in [3.05, 3.63) is 29.8 Å². The van der Waals surface area contributed by atoms with Crippen LogP contribution in [-0.4, -0.2) is 12.4 Å². The second kappa shape index (κ2) is 6.04. The van der Waals surface area contributed by atoms with Crippen molar-refractivity contribution in [2.45, 2.75) is 53.1 Å². The lowest BCUT2D eigenvalue weighted by Gasteiger charge is -2.31. The van der Waals surface area contributed by atoms with E-state index in [1.807, 2.05) is 6.92 Å². The summed E-state index contributed by atoms with van der Waals surface area (Å²) in [5, 5.41) is 3.44. The van der Waals surface area contributed by atoms with Gasteiger partial charge in [-0.1, -0.05) is 32.9 Å². The molecule has 0 aliphatic rings. The molecule has 0 heterocycles. The Morgan fingerprint density at radius 2 is 1.50 bits per heavy atom. The average Bonchev–Trinajstić information content (AvgIpc) is 2.26. The second-order valence-electron chi connectivity index (χ2n) is 6.09. The van der Waals surface area contributed by atoms with Gasteiger partial charge in [-0.3, -0.25) is 0 Å². The van der Waals surface area contributed by atoms with Gasteiger partial charge in [0.25, 0.3) is 0 Å². The smallest absolute Gasteiger partial charge is 0.406 e. The van der Waals surface area contributed by atoms with Crippen LogP contribution < -0.4 is 10.1 Å². The Morgan fingerprint density at radius 3 is 1.90 bits per heavy atom. The van der Waals surface area contributed by atoms with Crippen molar-refractivity contribution in [1.29, 1.82) is 0 Å². The van der Waals surface area contributed by atoms with Gasteiger partial charge in [-0.15, -0.1) is 13.2 Å². The Labute approximate surface area is 118 Å². The van der Waals surface area contributed by atoms with Crippen molar-refractivity contribution in [1.82, 2.24) is 5.32 Å². The molecule has 1 N–H and O–H groups in total. The fraction of sp³-hybridized carbons (Fsp3) is 0.600. The summed E-state index contributed by atoms with van der Waals surface area (Å²) in [6.45, 7) is 10.5. The van der Waals surface area contributed by atoms with E-state index in [4.69, 9.17) is 0 Å². The summed E-state index contributed by atoms with van der Waals surface area (Å²) >= 11 is 0. The predicted molar refractivity (Wildman–Crippen MR) is 73.6 cm³/mol. The molecule has 0 aliphatic heterocycles. The average molecular weight is 289 g/mol. The summed E-state index contributed by atoms with van der Waals surface area (Å²) in [7, 11) is 0.